The van der Waals surface area contributed by atoms with Gasteiger partial charge < -0.3 is 14.4 Å². The third-order valence-electron chi connectivity index (χ3n) is 4.30. The van der Waals surface area contributed by atoms with Crippen LogP contribution in [-0.2, 0) is 20.4 Å². The third kappa shape index (κ3) is 4.48. The molecule has 0 aromatic heterocycles. The Morgan fingerprint density at radius 2 is 1.96 bits per heavy atom. The van der Waals surface area contributed by atoms with Crippen molar-refractivity contribution in [2.75, 3.05) is 32.9 Å². The zero-order chi connectivity index (χ0) is 17.2. The Balaban J connectivity index is 1.55. The first-order valence-corrected chi connectivity index (χ1v) is 8.08. The van der Waals surface area contributed by atoms with Gasteiger partial charge in [-0.05, 0) is 36.5 Å². The molecular formula is C17H20F3NO3. The van der Waals surface area contributed by atoms with E-state index in [4.69, 9.17) is 9.47 Å². The van der Waals surface area contributed by atoms with E-state index < -0.39 is 17.8 Å². The topological polar surface area (TPSA) is 38.8 Å². The second-order valence-electron chi connectivity index (χ2n) is 6.28. The summed E-state index contributed by atoms with van der Waals surface area (Å²) in [5.74, 6) is 0.498. The fourth-order valence-electron chi connectivity index (χ4n) is 2.65. The molecule has 1 aliphatic carbocycles. The highest BCUT2D eigenvalue weighted by Crippen LogP contribution is 2.31. The molecule has 1 aromatic carbocycles. The molecule has 1 atom stereocenters. The summed E-state index contributed by atoms with van der Waals surface area (Å²) in [5, 5.41) is 0. The van der Waals surface area contributed by atoms with Crippen molar-refractivity contribution < 1.29 is 27.4 Å². The van der Waals surface area contributed by atoms with Crippen molar-refractivity contribution in [1.29, 1.82) is 0 Å². The molecule has 1 heterocycles. The summed E-state index contributed by atoms with van der Waals surface area (Å²) in [6, 6.07) is 4.90. The average Bonchev–Trinajstić information content (AvgIpc) is 3.38. The van der Waals surface area contributed by atoms with Gasteiger partial charge in [-0.25, -0.2) is 0 Å². The van der Waals surface area contributed by atoms with E-state index in [9.17, 15) is 18.0 Å². The average molecular weight is 343 g/mol. The summed E-state index contributed by atoms with van der Waals surface area (Å²) in [5.41, 5.74) is -0.0529. The Hall–Kier alpha value is -1.60. The summed E-state index contributed by atoms with van der Waals surface area (Å²) in [7, 11) is 0. The van der Waals surface area contributed by atoms with Gasteiger partial charge in [0, 0.05) is 6.54 Å². The molecule has 1 unspecified atom stereocenters. The van der Waals surface area contributed by atoms with Crippen LogP contribution < -0.4 is 0 Å². The van der Waals surface area contributed by atoms with Crippen molar-refractivity contribution in [1.82, 2.24) is 4.90 Å². The number of morpholine rings is 1. The summed E-state index contributed by atoms with van der Waals surface area (Å²) in [6.45, 7) is 1.84. The zero-order valence-corrected chi connectivity index (χ0v) is 13.2. The molecular weight excluding hydrogens is 323 g/mol. The van der Waals surface area contributed by atoms with Crippen molar-refractivity contribution in [3.05, 3.63) is 35.4 Å². The highest BCUT2D eigenvalue weighted by atomic mass is 19.4. The number of hydrogen-bond donors (Lipinski definition) is 0. The predicted molar refractivity (Wildman–Crippen MR) is 80.3 cm³/mol. The summed E-state index contributed by atoms with van der Waals surface area (Å²) < 4.78 is 48.8. The standard InChI is InChI=1S/C17H20F3NO3/c18-17(19,20)14-5-3-13(4-6-14)15-9-21(7-8-24-15)16(22)11-23-10-12-1-2-12/h3-6,12,15H,1-2,7-11H2. The second-order valence-corrected chi connectivity index (χ2v) is 6.28. The van der Waals surface area contributed by atoms with Crippen LogP contribution in [0.1, 0.15) is 30.1 Å². The first-order valence-electron chi connectivity index (χ1n) is 8.08. The molecule has 1 saturated carbocycles. The molecule has 2 fully saturated rings. The van der Waals surface area contributed by atoms with E-state index in [1.165, 1.54) is 25.0 Å². The minimum Gasteiger partial charge on any atom is -0.371 e. The van der Waals surface area contributed by atoms with E-state index in [-0.39, 0.29) is 12.5 Å². The molecule has 2 aliphatic rings. The van der Waals surface area contributed by atoms with Gasteiger partial charge >= 0.3 is 6.18 Å². The normalized spacial score (nSPS) is 21.8. The maximum atomic E-state index is 12.6. The fourth-order valence-corrected chi connectivity index (χ4v) is 2.65. The molecule has 1 amide bonds. The van der Waals surface area contributed by atoms with E-state index in [1.54, 1.807) is 4.90 Å². The van der Waals surface area contributed by atoms with E-state index in [0.717, 1.165) is 12.1 Å². The molecule has 3 rings (SSSR count). The van der Waals surface area contributed by atoms with Gasteiger partial charge in [0.2, 0.25) is 5.91 Å². The Labute approximate surface area is 138 Å². The van der Waals surface area contributed by atoms with Crippen LogP contribution in [0.3, 0.4) is 0 Å². The van der Waals surface area contributed by atoms with Crippen molar-refractivity contribution in [3.63, 3.8) is 0 Å². The van der Waals surface area contributed by atoms with Crippen LogP contribution in [0.25, 0.3) is 0 Å². The molecule has 1 aliphatic heterocycles. The number of alkyl halides is 3. The molecule has 1 aromatic rings. The molecule has 0 bridgehead atoms. The number of nitrogens with zero attached hydrogens (tertiary/aromatic N) is 1. The predicted octanol–water partition coefficient (Wildman–Crippen LogP) is 3.03. The van der Waals surface area contributed by atoms with E-state index in [0.29, 0.717) is 37.8 Å². The van der Waals surface area contributed by atoms with Gasteiger partial charge in [0.25, 0.3) is 0 Å². The van der Waals surface area contributed by atoms with Crippen LogP contribution in [0.4, 0.5) is 13.2 Å². The van der Waals surface area contributed by atoms with Crippen LogP contribution in [-0.4, -0.2) is 43.7 Å². The highest BCUT2D eigenvalue weighted by Gasteiger charge is 2.31. The van der Waals surface area contributed by atoms with Crippen molar-refractivity contribution in [3.8, 4) is 0 Å². The third-order valence-corrected chi connectivity index (χ3v) is 4.30. The molecule has 24 heavy (non-hydrogen) atoms. The lowest BCUT2D eigenvalue weighted by molar-refractivity contribution is -0.144. The van der Waals surface area contributed by atoms with Gasteiger partial charge in [-0.15, -0.1) is 0 Å². The zero-order valence-electron chi connectivity index (χ0n) is 13.2. The van der Waals surface area contributed by atoms with Gasteiger partial charge in [-0.3, -0.25) is 4.79 Å². The van der Waals surface area contributed by atoms with Gasteiger partial charge in [0.05, 0.1) is 25.3 Å². The van der Waals surface area contributed by atoms with Crippen LogP contribution >= 0.6 is 0 Å². The lowest BCUT2D eigenvalue weighted by atomic mass is 10.1. The van der Waals surface area contributed by atoms with Gasteiger partial charge in [0.15, 0.2) is 0 Å². The number of hydrogen-bond acceptors (Lipinski definition) is 3. The molecule has 0 radical (unpaired) electrons. The van der Waals surface area contributed by atoms with Crippen molar-refractivity contribution in [2.24, 2.45) is 5.92 Å². The molecule has 0 N–H and O–H groups in total. The minimum atomic E-state index is -4.35. The fraction of sp³-hybridized carbons (Fsp3) is 0.588. The van der Waals surface area contributed by atoms with Crippen LogP contribution in [0, 0.1) is 5.92 Å². The summed E-state index contributed by atoms with van der Waals surface area (Å²) in [6.07, 6.45) is -2.43. The number of ether oxygens (including phenoxy) is 2. The van der Waals surface area contributed by atoms with Crippen molar-refractivity contribution >= 4 is 5.91 Å². The Bertz CT molecular complexity index is 569. The molecule has 4 nitrogen and oxygen atoms in total. The van der Waals surface area contributed by atoms with Gasteiger partial charge in [-0.2, -0.15) is 13.2 Å². The summed E-state index contributed by atoms with van der Waals surface area (Å²) >= 11 is 0. The smallest absolute Gasteiger partial charge is 0.371 e. The maximum Gasteiger partial charge on any atom is 0.416 e. The lowest BCUT2D eigenvalue weighted by Crippen LogP contribution is -2.43. The van der Waals surface area contributed by atoms with Crippen LogP contribution in [0.5, 0.6) is 0 Å². The van der Waals surface area contributed by atoms with Crippen molar-refractivity contribution in [2.45, 2.75) is 25.1 Å². The largest absolute Gasteiger partial charge is 0.416 e. The maximum absolute atomic E-state index is 12.6. The SMILES string of the molecule is O=C(COCC1CC1)N1CCOC(c2ccc(C(F)(F)F)cc2)C1. The number of benzene rings is 1. The number of carbonyl (C=O) groups is 1. The number of carbonyl (C=O) groups excluding carboxylic acids is 1. The van der Waals surface area contributed by atoms with Crippen LogP contribution in [0.2, 0.25) is 0 Å². The molecule has 132 valence electrons. The summed E-state index contributed by atoms with van der Waals surface area (Å²) in [4.78, 5) is 13.8. The molecule has 0 spiro atoms. The lowest BCUT2D eigenvalue weighted by Gasteiger charge is -2.33. The Morgan fingerprint density at radius 1 is 1.25 bits per heavy atom. The number of rotatable bonds is 5. The second kappa shape index (κ2) is 7.11. The van der Waals surface area contributed by atoms with E-state index >= 15 is 0 Å². The molecule has 1 saturated heterocycles. The first-order chi connectivity index (χ1) is 11.4. The van der Waals surface area contributed by atoms with Gasteiger partial charge in [-0.1, -0.05) is 12.1 Å². The quantitative estimate of drug-likeness (QED) is 0.825. The molecule has 7 heteroatoms. The van der Waals surface area contributed by atoms with Crippen LogP contribution in [0.15, 0.2) is 24.3 Å². The van der Waals surface area contributed by atoms with E-state index in [1.807, 2.05) is 0 Å². The Kier molecular flexibility index (Phi) is 5.10. The highest BCUT2D eigenvalue weighted by molar-refractivity contribution is 5.77. The monoisotopic (exact) mass is 343 g/mol. The first kappa shape index (κ1) is 17.2. The van der Waals surface area contributed by atoms with E-state index in [2.05, 4.69) is 0 Å². The number of amides is 1. The van der Waals surface area contributed by atoms with Gasteiger partial charge in [0.1, 0.15) is 12.7 Å². The minimum absolute atomic E-state index is 0.0518. The Morgan fingerprint density at radius 3 is 2.58 bits per heavy atom. The number of halogens is 3.